The molecule has 0 saturated heterocycles. The molecule has 0 spiro atoms. The van der Waals surface area contributed by atoms with Gasteiger partial charge < -0.3 is 9.88 Å². The Kier molecular flexibility index (Phi) is 3.99. The van der Waals surface area contributed by atoms with Crippen LogP contribution in [0.5, 0.6) is 0 Å². The van der Waals surface area contributed by atoms with Crippen molar-refractivity contribution in [1.29, 1.82) is 0 Å². The smallest absolute Gasteiger partial charge is 0.0320 e. The summed E-state index contributed by atoms with van der Waals surface area (Å²) in [6.45, 7) is 3.14. The maximum absolute atomic E-state index is 3.60. The molecule has 1 aromatic heterocycles. The molecular weight excluding hydrogens is 208 g/mol. The second-order valence-corrected chi connectivity index (χ2v) is 4.44. The van der Waals surface area contributed by atoms with Gasteiger partial charge in [-0.1, -0.05) is 37.3 Å². The van der Waals surface area contributed by atoms with Crippen LogP contribution in [0.15, 0.2) is 48.8 Å². The van der Waals surface area contributed by atoms with Gasteiger partial charge in [0.25, 0.3) is 0 Å². The minimum absolute atomic E-state index is 0.441. The van der Waals surface area contributed by atoms with Gasteiger partial charge in [0, 0.05) is 32.0 Å². The van der Waals surface area contributed by atoms with Gasteiger partial charge in [-0.25, -0.2) is 0 Å². The quantitative estimate of drug-likeness (QED) is 0.831. The SMILES string of the molecule is CCC(NCc1ccn(C)c1)c1ccccc1. The van der Waals surface area contributed by atoms with Crippen LogP contribution < -0.4 is 5.32 Å². The normalized spacial score (nSPS) is 12.6. The zero-order valence-corrected chi connectivity index (χ0v) is 10.6. The predicted molar refractivity (Wildman–Crippen MR) is 71.7 cm³/mol. The summed E-state index contributed by atoms with van der Waals surface area (Å²) in [6, 6.07) is 13.2. The average molecular weight is 228 g/mol. The standard InChI is InChI=1S/C15H20N2/c1-3-15(14-7-5-4-6-8-14)16-11-13-9-10-17(2)12-13/h4-10,12,15-16H,3,11H2,1-2H3. The molecule has 1 atom stereocenters. The maximum atomic E-state index is 3.60. The van der Waals surface area contributed by atoms with Crippen molar-refractivity contribution < 1.29 is 0 Å². The van der Waals surface area contributed by atoms with Gasteiger partial charge in [-0.3, -0.25) is 0 Å². The summed E-state index contributed by atoms with van der Waals surface area (Å²) in [4.78, 5) is 0. The third-order valence-corrected chi connectivity index (χ3v) is 3.06. The fourth-order valence-electron chi connectivity index (χ4n) is 2.09. The molecule has 1 unspecified atom stereocenters. The van der Waals surface area contributed by atoms with Crippen molar-refractivity contribution in [3.63, 3.8) is 0 Å². The Morgan fingerprint density at radius 2 is 1.94 bits per heavy atom. The van der Waals surface area contributed by atoms with Crippen molar-refractivity contribution in [2.75, 3.05) is 0 Å². The first kappa shape index (κ1) is 11.9. The van der Waals surface area contributed by atoms with E-state index in [1.807, 2.05) is 0 Å². The van der Waals surface area contributed by atoms with E-state index in [4.69, 9.17) is 0 Å². The monoisotopic (exact) mass is 228 g/mol. The number of aryl methyl sites for hydroxylation is 1. The number of benzene rings is 1. The molecule has 2 nitrogen and oxygen atoms in total. The van der Waals surface area contributed by atoms with Gasteiger partial charge in [0.15, 0.2) is 0 Å². The highest BCUT2D eigenvalue weighted by atomic mass is 14.9. The molecule has 1 heterocycles. The third kappa shape index (κ3) is 3.21. The highest BCUT2D eigenvalue weighted by Gasteiger charge is 2.07. The van der Waals surface area contributed by atoms with E-state index in [2.05, 4.69) is 72.6 Å². The van der Waals surface area contributed by atoms with Gasteiger partial charge in [-0.2, -0.15) is 0 Å². The Morgan fingerprint density at radius 1 is 1.18 bits per heavy atom. The summed E-state index contributed by atoms with van der Waals surface area (Å²) < 4.78 is 2.08. The van der Waals surface area contributed by atoms with Crippen LogP contribution in [0.1, 0.15) is 30.5 Å². The molecule has 0 bridgehead atoms. The topological polar surface area (TPSA) is 17.0 Å². The lowest BCUT2D eigenvalue weighted by molar-refractivity contribution is 0.519. The maximum Gasteiger partial charge on any atom is 0.0320 e. The summed E-state index contributed by atoms with van der Waals surface area (Å²) in [7, 11) is 2.05. The van der Waals surface area contributed by atoms with Crippen LogP contribution in [0.25, 0.3) is 0 Å². The van der Waals surface area contributed by atoms with Gasteiger partial charge in [-0.15, -0.1) is 0 Å². The predicted octanol–water partition coefficient (Wildman–Crippen LogP) is 3.27. The number of hydrogen-bond donors (Lipinski definition) is 1. The lowest BCUT2D eigenvalue weighted by atomic mass is 10.0. The van der Waals surface area contributed by atoms with Crippen molar-refractivity contribution >= 4 is 0 Å². The van der Waals surface area contributed by atoms with Gasteiger partial charge in [0.05, 0.1) is 0 Å². The van der Waals surface area contributed by atoms with E-state index in [0.29, 0.717) is 6.04 Å². The highest BCUT2D eigenvalue weighted by molar-refractivity contribution is 5.19. The summed E-state index contributed by atoms with van der Waals surface area (Å²) in [5.74, 6) is 0. The van der Waals surface area contributed by atoms with Gasteiger partial charge in [-0.05, 0) is 23.6 Å². The number of hydrogen-bond acceptors (Lipinski definition) is 1. The second kappa shape index (κ2) is 5.69. The Hall–Kier alpha value is -1.54. The van der Waals surface area contributed by atoms with Crippen molar-refractivity contribution in [2.24, 2.45) is 7.05 Å². The van der Waals surface area contributed by atoms with Crippen molar-refractivity contribution in [3.8, 4) is 0 Å². The summed E-state index contributed by atoms with van der Waals surface area (Å²) in [5, 5.41) is 3.60. The van der Waals surface area contributed by atoms with Crippen molar-refractivity contribution in [1.82, 2.24) is 9.88 Å². The zero-order valence-electron chi connectivity index (χ0n) is 10.6. The van der Waals surface area contributed by atoms with Crippen LogP contribution in [0, 0.1) is 0 Å². The van der Waals surface area contributed by atoms with Crippen molar-refractivity contribution in [3.05, 3.63) is 59.9 Å². The molecule has 2 rings (SSSR count). The molecule has 0 aliphatic rings. The lowest BCUT2D eigenvalue weighted by Crippen LogP contribution is -2.19. The first-order chi connectivity index (χ1) is 8.29. The molecule has 1 N–H and O–H groups in total. The fourth-order valence-corrected chi connectivity index (χ4v) is 2.09. The van der Waals surface area contributed by atoms with E-state index in [-0.39, 0.29) is 0 Å². The molecule has 0 amide bonds. The summed E-state index contributed by atoms with van der Waals surface area (Å²) >= 11 is 0. The van der Waals surface area contributed by atoms with Crippen molar-refractivity contribution in [2.45, 2.75) is 25.9 Å². The first-order valence-corrected chi connectivity index (χ1v) is 6.18. The van der Waals surface area contributed by atoms with Gasteiger partial charge in [0.1, 0.15) is 0 Å². The number of nitrogens with zero attached hydrogens (tertiary/aromatic N) is 1. The number of nitrogens with one attached hydrogen (secondary N) is 1. The van der Waals surface area contributed by atoms with Crippen LogP contribution in [0.4, 0.5) is 0 Å². The molecule has 0 radical (unpaired) electrons. The Morgan fingerprint density at radius 3 is 2.53 bits per heavy atom. The molecule has 0 saturated carbocycles. The molecule has 2 heteroatoms. The van der Waals surface area contributed by atoms with Crippen LogP contribution in [0.3, 0.4) is 0 Å². The minimum Gasteiger partial charge on any atom is -0.357 e. The third-order valence-electron chi connectivity index (χ3n) is 3.06. The molecular formula is C15H20N2. The summed E-state index contributed by atoms with van der Waals surface area (Å²) in [5.41, 5.74) is 2.70. The summed E-state index contributed by atoms with van der Waals surface area (Å²) in [6.07, 6.45) is 5.35. The number of rotatable bonds is 5. The zero-order chi connectivity index (χ0) is 12.1. The largest absolute Gasteiger partial charge is 0.357 e. The average Bonchev–Trinajstić information content (AvgIpc) is 2.77. The molecule has 90 valence electrons. The fraction of sp³-hybridized carbons (Fsp3) is 0.333. The van der Waals surface area contributed by atoms with E-state index >= 15 is 0 Å². The van der Waals surface area contributed by atoms with E-state index in [1.165, 1.54) is 11.1 Å². The molecule has 17 heavy (non-hydrogen) atoms. The molecule has 1 aromatic carbocycles. The number of aromatic nitrogens is 1. The van der Waals surface area contributed by atoms with E-state index in [0.717, 1.165) is 13.0 Å². The van der Waals surface area contributed by atoms with Crippen LogP contribution >= 0.6 is 0 Å². The Labute approximate surface area is 103 Å². The van der Waals surface area contributed by atoms with E-state index in [9.17, 15) is 0 Å². The minimum atomic E-state index is 0.441. The molecule has 0 fully saturated rings. The van der Waals surface area contributed by atoms with Gasteiger partial charge in [0.2, 0.25) is 0 Å². The molecule has 2 aromatic rings. The van der Waals surface area contributed by atoms with Gasteiger partial charge >= 0.3 is 0 Å². The first-order valence-electron chi connectivity index (χ1n) is 6.18. The molecule has 0 aliphatic heterocycles. The molecule has 0 aliphatic carbocycles. The van der Waals surface area contributed by atoms with E-state index in [1.54, 1.807) is 0 Å². The van der Waals surface area contributed by atoms with Crippen LogP contribution in [-0.2, 0) is 13.6 Å². The van der Waals surface area contributed by atoms with Crippen LogP contribution in [0.2, 0.25) is 0 Å². The second-order valence-electron chi connectivity index (χ2n) is 4.44. The van der Waals surface area contributed by atoms with E-state index < -0.39 is 0 Å². The Balaban J connectivity index is 1.97. The highest BCUT2D eigenvalue weighted by Crippen LogP contribution is 2.16. The lowest BCUT2D eigenvalue weighted by Gasteiger charge is -2.16. The van der Waals surface area contributed by atoms with Crippen LogP contribution in [-0.4, -0.2) is 4.57 Å². The Bertz CT molecular complexity index is 445.